The first kappa shape index (κ1) is 8.01. The largest absolute Gasteiger partial charge is 0.394 e. The average molecular weight is 170 g/mol. The number of carbonyl (C=O) groups excluding carboxylic acids is 1. The van der Waals surface area contributed by atoms with E-state index >= 15 is 0 Å². The molecule has 2 rings (SSSR count). The molecule has 1 saturated heterocycles. The molecule has 2 atom stereocenters. The number of aliphatic hydroxyl groups excluding tert-OH is 1. The summed E-state index contributed by atoms with van der Waals surface area (Å²) in [6.07, 6.45) is 3.26. The maximum Gasteiger partial charge on any atom is 0.241 e. The topological polar surface area (TPSA) is 52.6 Å². The van der Waals surface area contributed by atoms with Gasteiger partial charge >= 0.3 is 0 Å². The van der Waals surface area contributed by atoms with Gasteiger partial charge in [0.15, 0.2) is 0 Å². The number of carbonyl (C=O) groups is 1. The van der Waals surface area contributed by atoms with Gasteiger partial charge in [0.1, 0.15) is 0 Å². The monoisotopic (exact) mass is 170 g/mol. The Morgan fingerprint density at radius 2 is 2.42 bits per heavy atom. The van der Waals surface area contributed by atoms with Gasteiger partial charge in [-0.25, -0.2) is 5.43 Å². The van der Waals surface area contributed by atoms with Gasteiger partial charge in [0.2, 0.25) is 5.91 Å². The molecular weight excluding hydrogens is 156 g/mol. The van der Waals surface area contributed by atoms with Crippen molar-refractivity contribution in [2.24, 2.45) is 5.92 Å². The van der Waals surface area contributed by atoms with Crippen molar-refractivity contribution in [1.29, 1.82) is 0 Å². The summed E-state index contributed by atoms with van der Waals surface area (Å²) in [5, 5.41) is 10.2. The van der Waals surface area contributed by atoms with Crippen LogP contribution in [0.3, 0.4) is 0 Å². The van der Waals surface area contributed by atoms with Crippen LogP contribution in [0, 0.1) is 5.92 Å². The third kappa shape index (κ3) is 1.11. The molecule has 12 heavy (non-hydrogen) atoms. The van der Waals surface area contributed by atoms with Crippen LogP contribution in [0.2, 0.25) is 0 Å². The SMILES string of the molecule is O=C1C2CCCC2NN1CCO. The molecule has 1 heterocycles. The molecule has 2 N–H and O–H groups in total. The molecule has 2 unspecified atom stereocenters. The number of β-amino-alcohol motifs (C(OH)–C–C–N with tert-alkyl or cyclic N) is 1. The lowest BCUT2D eigenvalue weighted by Crippen LogP contribution is -2.39. The van der Waals surface area contributed by atoms with E-state index < -0.39 is 0 Å². The number of nitrogens with one attached hydrogen (secondary N) is 1. The van der Waals surface area contributed by atoms with Crippen molar-refractivity contribution in [3.63, 3.8) is 0 Å². The molecule has 0 spiro atoms. The van der Waals surface area contributed by atoms with Crippen LogP contribution in [-0.2, 0) is 4.79 Å². The van der Waals surface area contributed by atoms with Crippen molar-refractivity contribution in [1.82, 2.24) is 10.4 Å². The summed E-state index contributed by atoms with van der Waals surface area (Å²) in [5.74, 6) is 0.364. The van der Waals surface area contributed by atoms with Crippen LogP contribution in [0.5, 0.6) is 0 Å². The highest BCUT2D eigenvalue weighted by molar-refractivity contribution is 5.81. The first-order chi connectivity index (χ1) is 5.83. The van der Waals surface area contributed by atoms with E-state index in [1.807, 2.05) is 0 Å². The van der Waals surface area contributed by atoms with Crippen LogP contribution in [0.1, 0.15) is 19.3 Å². The summed E-state index contributed by atoms with van der Waals surface area (Å²) in [4.78, 5) is 11.5. The molecule has 1 saturated carbocycles. The van der Waals surface area contributed by atoms with E-state index in [0.717, 1.165) is 19.3 Å². The van der Waals surface area contributed by atoms with Gasteiger partial charge in [-0.15, -0.1) is 0 Å². The molecule has 1 aliphatic heterocycles. The van der Waals surface area contributed by atoms with E-state index in [4.69, 9.17) is 5.11 Å². The number of amides is 1. The molecule has 4 nitrogen and oxygen atoms in total. The summed E-state index contributed by atoms with van der Waals surface area (Å²) in [6.45, 7) is 0.462. The maximum absolute atomic E-state index is 11.5. The highest BCUT2D eigenvalue weighted by atomic mass is 16.3. The second-order valence-electron chi connectivity index (χ2n) is 3.49. The third-order valence-electron chi connectivity index (χ3n) is 2.74. The molecule has 4 heteroatoms. The van der Waals surface area contributed by atoms with Gasteiger partial charge in [0, 0.05) is 6.04 Å². The van der Waals surface area contributed by atoms with E-state index in [2.05, 4.69) is 5.43 Å². The lowest BCUT2D eigenvalue weighted by molar-refractivity contribution is -0.133. The van der Waals surface area contributed by atoms with Crippen molar-refractivity contribution in [3.05, 3.63) is 0 Å². The fraction of sp³-hybridized carbons (Fsp3) is 0.875. The number of rotatable bonds is 2. The molecule has 0 aromatic heterocycles. The standard InChI is InChI=1S/C8H14N2O2/c11-5-4-10-8(12)6-2-1-3-7(6)9-10/h6-7,9,11H,1-5H2. The Labute approximate surface area is 71.5 Å². The van der Waals surface area contributed by atoms with Crippen LogP contribution >= 0.6 is 0 Å². The lowest BCUT2D eigenvalue weighted by Gasteiger charge is -2.16. The summed E-state index contributed by atoms with van der Waals surface area (Å²) in [6, 6.07) is 0.351. The number of nitrogens with zero attached hydrogens (tertiary/aromatic N) is 1. The highest BCUT2D eigenvalue weighted by Gasteiger charge is 2.42. The molecule has 0 aromatic rings. The van der Waals surface area contributed by atoms with E-state index in [0.29, 0.717) is 12.6 Å². The van der Waals surface area contributed by atoms with Gasteiger partial charge in [0.05, 0.1) is 19.1 Å². The minimum atomic E-state index is 0.0399. The van der Waals surface area contributed by atoms with Crippen LogP contribution < -0.4 is 5.43 Å². The Balaban J connectivity index is 2.01. The zero-order valence-electron chi connectivity index (χ0n) is 6.99. The van der Waals surface area contributed by atoms with Crippen LogP contribution in [0.25, 0.3) is 0 Å². The second-order valence-corrected chi connectivity index (χ2v) is 3.49. The number of hydrogen-bond acceptors (Lipinski definition) is 3. The van der Waals surface area contributed by atoms with Gasteiger partial charge in [0.25, 0.3) is 0 Å². The van der Waals surface area contributed by atoms with Gasteiger partial charge in [-0.05, 0) is 12.8 Å². The first-order valence-electron chi connectivity index (χ1n) is 4.51. The molecule has 1 aliphatic carbocycles. The molecule has 0 bridgehead atoms. The number of aliphatic hydroxyl groups is 1. The molecule has 2 aliphatic rings. The van der Waals surface area contributed by atoms with E-state index in [1.165, 1.54) is 0 Å². The third-order valence-corrected chi connectivity index (χ3v) is 2.74. The number of fused-ring (bicyclic) bond motifs is 1. The van der Waals surface area contributed by atoms with Crippen molar-refractivity contribution in [2.75, 3.05) is 13.2 Å². The van der Waals surface area contributed by atoms with Crippen molar-refractivity contribution < 1.29 is 9.90 Å². The van der Waals surface area contributed by atoms with E-state index in [-0.39, 0.29) is 18.4 Å². The fourth-order valence-corrected chi connectivity index (χ4v) is 2.15. The quantitative estimate of drug-likeness (QED) is 0.587. The van der Waals surface area contributed by atoms with Gasteiger partial charge in [-0.2, -0.15) is 0 Å². The normalized spacial score (nSPS) is 34.4. The van der Waals surface area contributed by atoms with E-state index in [9.17, 15) is 4.79 Å². The van der Waals surface area contributed by atoms with Gasteiger partial charge in [-0.3, -0.25) is 9.80 Å². The minimum absolute atomic E-state index is 0.0399. The Kier molecular flexibility index (Phi) is 2.02. The summed E-state index contributed by atoms with van der Waals surface area (Å²) >= 11 is 0. The Hall–Kier alpha value is -0.610. The first-order valence-corrected chi connectivity index (χ1v) is 4.51. The van der Waals surface area contributed by atoms with Gasteiger partial charge < -0.3 is 5.11 Å². The van der Waals surface area contributed by atoms with Crippen molar-refractivity contribution in [2.45, 2.75) is 25.3 Å². The van der Waals surface area contributed by atoms with Crippen LogP contribution in [-0.4, -0.2) is 35.2 Å². The molecular formula is C8H14N2O2. The minimum Gasteiger partial charge on any atom is -0.394 e. The van der Waals surface area contributed by atoms with Crippen molar-refractivity contribution >= 4 is 5.91 Å². The Bertz CT molecular complexity index is 195. The molecule has 0 radical (unpaired) electrons. The molecule has 0 aromatic carbocycles. The van der Waals surface area contributed by atoms with E-state index in [1.54, 1.807) is 5.01 Å². The lowest BCUT2D eigenvalue weighted by atomic mass is 10.1. The fourth-order valence-electron chi connectivity index (χ4n) is 2.15. The zero-order valence-corrected chi connectivity index (χ0v) is 6.99. The number of hydrogen-bond donors (Lipinski definition) is 2. The zero-order chi connectivity index (χ0) is 8.55. The maximum atomic E-state index is 11.5. The second kappa shape index (κ2) is 3.03. The molecule has 1 amide bonds. The predicted octanol–water partition coefficient (Wildman–Crippen LogP) is -0.506. The predicted molar refractivity (Wildman–Crippen MR) is 43.1 cm³/mol. The van der Waals surface area contributed by atoms with Gasteiger partial charge in [-0.1, -0.05) is 6.42 Å². The molecule has 68 valence electrons. The van der Waals surface area contributed by atoms with Crippen molar-refractivity contribution in [3.8, 4) is 0 Å². The number of hydrazine groups is 1. The highest BCUT2D eigenvalue weighted by Crippen LogP contribution is 2.31. The molecule has 2 fully saturated rings. The van der Waals surface area contributed by atoms with Crippen LogP contribution in [0.4, 0.5) is 0 Å². The average Bonchev–Trinajstić information content (AvgIpc) is 2.58. The summed E-state index contributed by atoms with van der Waals surface area (Å²) in [5.41, 5.74) is 3.13. The smallest absolute Gasteiger partial charge is 0.241 e. The summed E-state index contributed by atoms with van der Waals surface area (Å²) in [7, 11) is 0. The van der Waals surface area contributed by atoms with Crippen LogP contribution in [0.15, 0.2) is 0 Å². The Morgan fingerprint density at radius 1 is 1.58 bits per heavy atom. The Morgan fingerprint density at radius 3 is 3.08 bits per heavy atom. The summed E-state index contributed by atoms with van der Waals surface area (Å²) < 4.78 is 0.